The van der Waals surface area contributed by atoms with E-state index in [1.165, 1.54) is 6.07 Å². The number of hydrogen-bond acceptors (Lipinski definition) is 4. The average Bonchev–Trinajstić information content (AvgIpc) is 2.57. The summed E-state index contributed by atoms with van der Waals surface area (Å²) < 4.78 is 28.7. The molecule has 0 bridgehead atoms. The van der Waals surface area contributed by atoms with Crippen LogP contribution in [0, 0.1) is 5.92 Å². The molecule has 1 aliphatic heterocycles. The molecule has 1 amide bonds. The summed E-state index contributed by atoms with van der Waals surface area (Å²) in [5, 5.41) is 2.75. The molecule has 2 unspecified atom stereocenters. The molecule has 1 aliphatic carbocycles. The van der Waals surface area contributed by atoms with Crippen molar-refractivity contribution in [3.05, 3.63) is 29.3 Å². The maximum absolute atomic E-state index is 12.9. The quantitative estimate of drug-likeness (QED) is 0.729. The fourth-order valence-electron chi connectivity index (χ4n) is 3.79. The summed E-state index contributed by atoms with van der Waals surface area (Å²) in [5.74, 6) is -0.0279. The van der Waals surface area contributed by atoms with E-state index in [1.807, 2.05) is 0 Å². The van der Waals surface area contributed by atoms with E-state index in [0.29, 0.717) is 12.1 Å². The summed E-state index contributed by atoms with van der Waals surface area (Å²) in [7, 11) is -3.73. The number of halogens is 1. The number of hydrogen-bond donors (Lipinski definition) is 3. The van der Waals surface area contributed by atoms with Gasteiger partial charge in [0.25, 0.3) is 5.91 Å². The molecule has 25 heavy (non-hydrogen) atoms. The number of nitrogens with one attached hydrogen (secondary N) is 2. The Labute approximate surface area is 155 Å². The van der Waals surface area contributed by atoms with Gasteiger partial charge in [0, 0.05) is 24.2 Å². The first-order valence-corrected chi connectivity index (χ1v) is 10.0. The molecular formula is C17H26ClN3O3S. The van der Waals surface area contributed by atoms with Gasteiger partial charge in [-0.25, -0.2) is 13.1 Å². The van der Waals surface area contributed by atoms with Crippen molar-refractivity contribution in [2.45, 2.75) is 49.5 Å². The number of carbonyl (C=O) groups excluding carboxylic acids is 1. The Bertz CT molecular complexity index is 754. The van der Waals surface area contributed by atoms with E-state index in [9.17, 15) is 13.2 Å². The van der Waals surface area contributed by atoms with Gasteiger partial charge in [-0.05, 0) is 42.9 Å². The smallest absolute Gasteiger partial charge is 0.251 e. The second-order valence-electron chi connectivity index (χ2n) is 6.94. The molecule has 1 fully saturated rings. The maximum atomic E-state index is 12.9. The second-order valence-corrected chi connectivity index (χ2v) is 8.62. The van der Waals surface area contributed by atoms with Crippen molar-refractivity contribution in [1.29, 1.82) is 0 Å². The van der Waals surface area contributed by atoms with Crippen LogP contribution in [0.3, 0.4) is 0 Å². The number of nitrogens with two attached hydrogens (primary N) is 1. The molecule has 1 aromatic rings. The Morgan fingerprint density at radius 2 is 2.12 bits per heavy atom. The topological polar surface area (TPSA) is 101 Å². The largest absolute Gasteiger partial charge is 0.352 e. The van der Waals surface area contributed by atoms with Crippen LogP contribution in [-0.2, 0) is 16.4 Å². The summed E-state index contributed by atoms with van der Waals surface area (Å²) in [6, 6.07) is 4.80. The molecule has 2 atom stereocenters. The predicted octanol–water partition coefficient (Wildman–Crippen LogP) is 1.58. The lowest BCUT2D eigenvalue weighted by molar-refractivity contribution is 0.0945. The third-order valence-electron chi connectivity index (χ3n) is 5.47. The van der Waals surface area contributed by atoms with Gasteiger partial charge in [0.2, 0.25) is 10.0 Å². The van der Waals surface area contributed by atoms with Gasteiger partial charge in [0.05, 0.1) is 4.90 Å². The van der Waals surface area contributed by atoms with Crippen LogP contribution in [0.15, 0.2) is 23.1 Å². The fraction of sp³-hybridized carbons (Fsp3) is 0.588. The number of amides is 1. The van der Waals surface area contributed by atoms with Gasteiger partial charge >= 0.3 is 0 Å². The lowest BCUT2D eigenvalue weighted by atomic mass is 9.74. The predicted molar refractivity (Wildman–Crippen MR) is 99.5 cm³/mol. The number of rotatable bonds is 4. The zero-order chi connectivity index (χ0) is 17.4. The molecule has 8 heteroatoms. The van der Waals surface area contributed by atoms with Gasteiger partial charge in [0.15, 0.2) is 0 Å². The molecule has 1 heterocycles. The van der Waals surface area contributed by atoms with Crippen molar-refractivity contribution < 1.29 is 13.2 Å². The van der Waals surface area contributed by atoms with Crippen LogP contribution in [-0.4, -0.2) is 33.0 Å². The van der Waals surface area contributed by atoms with E-state index in [4.69, 9.17) is 5.73 Å². The third-order valence-corrected chi connectivity index (χ3v) is 7.02. The van der Waals surface area contributed by atoms with Crippen LogP contribution >= 0.6 is 12.4 Å². The highest BCUT2D eigenvalue weighted by Crippen LogP contribution is 2.34. The molecule has 140 valence electrons. The summed E-state index contributed by atoms with van der Waals surface area (Å²) in [4.78, 5) is 12.1. The molecule has 2 aliphatic rings. The Balaban J connectivity index is 0.00000225. The SMILES string of the molecule is CC1CCCCC1(CN)NS(=O)(=O)c1ccc2c(c1)C(=O)NCC2.Cl. The molecule has 6 nitrogen and oxygen atoms in total. The summed E-state index contributed by atoms with van der Waals surface area (Å²) >= 11 is 0. The first-order valence-electron chi connectivity index (χ1n) is 8.53. The Morgan fingerprint density at radius 1 is 1.36 bits per heavy atom. The van der Waals surface area contributed by atoms with Crippen LogP contribution in [0.25, 0.3) is 0 Å². The monoisotopic (exact) mass is 387 g/mol. The second kappa shape index (κ2) is 7.61. The molecule has 4 N–H and O–H groups in total. The first kappa shape index (κ1) is 20.2. The van der Waals surface area contributed by atoms with Crippen molar-refractivity contribution in [2.24, 2.45) is 11.7 Å². The summed E-state index contributed by atoms with van der Waals surface area (Å²) in [6.07, 6.45) is 4.50. The van der Waals surface area contributed by atoms with Crippen LogP contribution in [0.4, 0.5) is 0 Å². The van der Waals surface area contributed by atoms with Crippen LogP contribution in [0.2, 0.25) is 0 Å². The maximum Gasteiger partial charge on any atom is 0.251 e. The van der Waals surface area contributed by atoms with E-state index in [0.717, 1.165) is 37.7 Å². The van der Waals surface area contributed by atoms with Gasteiger partial charge in [0.1, 0.15) is 0 Å². The highest BCUT2D eigenvalue weighted by Gasteiger charge is 2.40. The minimum Gasteiger partial charge on any atom is -0.352 e. The molecule has 1 saturated carbocycles. The van der Waals surface area contributed by atoms with E-state index < -0.39 is 15.6 Å². The van der Waals surface area contributed by atoms with E-state index >= 15 is 0 Å². The Hall–Kier alpha value is -1.15. The Kier molecular flexibility index (Phi) is 6.14. The zero-order valence-electron chi connectivity index (χ0n) is 14.4. The third kappa shape index (κ3) is 3.84. The van der Waals surface area contributed by atoms with Gasteiger partial charge < -0.3 is 11.1 Å². The number of carbonyl (C=O) groups is 1. The highest BCUT2D eigenvalue weighted by atomic mass is 35.5. The molecular weight excluding hydrogens is 362 g/mol. The molecule has 0 spiro atoms. The fourth-order valence-corrected chi connectivity index (χ4v) is 5.35. The number of benzene rings is 1. The zero-order valence-corrected chi connectivity index (χ0v) is 16.0. The van der Waals surface area contributed by atoms with Crippen LogP contribution < -0.4 is 15.8 Å². The number of fused-ring (bicyclic) bond motifs is 1. The van der Waals surface area contributed by atoms with E-state index in [1.54, 1.807) is 12.1 Å². The highest BCUT2D eigenvalue weighted by molar-refractivity contribution is 7.89. The standard InChI is InChI=1S/C17H25N3O3S.ClH/c1-12-4-2-3-8-17(12,11-18)20-24(22,23)14-6-5-13-7-9-19-16(21)15(13)10-14;/h5-6,10,12,20H,2-4,7-9,11,18H2,1H3,(H,19,21);1H. The van der Waals surface area contributed by atoms with Gasteiger partial charge in [-0.3, -0.25) is 4.79 Å². The van der Waals surface area contributed by atoms with Gasteiger partial charge in [-0.1, -0.05) is 25.8 Å². The minimum atomic E-state index is -3.73. The molecule has 0 aromatic heterocycles. The van der Waals surface area contributed by atoms with Crippen LogP contribution in [0.1, 0.15) is 48.5 Å². The summed E-state index contributed by atoms with van der Waals surface area (Å²) in [5.41, 5.74) is 6.69. The van der Waals surface area contributed by atoms with E-state index in [2.05, 4.69) is 17.0 Å². The normalized spacial score (nSPS) is 26.3. The Morgan fingerprint density at radius 3 is 2.80 bits per heavy atom. The van der Waals surface area contributed by atoms with Gasteiger partial charge in [-0.2, -0.15) is 0 Å². The first-order chi connectivity index (χ1) is 11.4. The van der Waals surface area contributed by atoms with Crippen molar-refractivity contribution in [1.82, 2.24) is 10.0 Å². The minimum absolute atomic E-state index is 0. The van der Waals surface area contributed by atoms with Crippen molar-refractivity contribution in [2.75, 3.05) is 13.1 Å². The number of sulfonamides is 1. The molecule has 0 radical (unpaired) electrons. The van der Waals surface area contributed by atoms with Crippen molar-refractivity contribution in [3.8, 4) is 0 Å². The van der Waals surface area contributed by atoms with Gasteiger partial charge in [-0.15, -0.1) is 12.4 Å². The lowest BCUT2D eigenvalue weighted by Crippen LogP contribution is -2.58. The average molecular weight is 388 g/mol. The summed E-state index contributed by atoms with van der Waals surface area (Å²) in [6.45, 7) is 2.91. The van der Waals surface area contributed by atoms with Crippen molar-refractivity contribution in [3.63, 3.8) is 0 Å². The van der Waals surface area contributed by atoms with E-state index in [-0.39, 0.29) is 35.7 Å². The van der Waals surface area contributed by atoms with Crippen LogP contribution in [0.5, 0.6) is 0 Å². The molecule has 3 rings (SSSR count). The molecule has 1 aromatic carbocycles. The lowest BCUT2D eigenvalue weighted by Gasteiger charge is -2.42. The van der Waals surface area contributed by atoms with Crippen molar-refractivity contribution >= 4 is 28.3 Å². The molecule has 0 saturated heterocycles.